The number of nitrogens with zero attached hydrogens (tertiary/aromatic N) is 2. The Balaban J connectivity index is 0.000000160. The third kappa shape index (κ3) is 4.21. The Hall–Kier alpha value is -2.68. The Kier molecular flexibility index (Phi) is 5.28. The van der Waals surface area contributed by atoms with E-state index in [1.54, 1.807) is 18.6 Å². The molecule has 3 nitrogen and oxygen atoms in total. The van der Waals surface area contributed by atoms with Crippen LogP contribution in [0.3, 0.4) is 0 Å². The molecule has 0 saturated heterocycles. The number of anilines is 1. The van der Waals surface area contributed by atoms with E-state index in [4.69, 9.17) is 0 Å². The Labute approximate surface area is 119 Å². The lowest BCUT2D eigenvalue weighted by Gasteiger charge is -1.98. The Morgan fingerprint density at radius 1 is 0.750 bits per heavy atom. The quantitative estimate of drug-likeness (QED) is 0.762. The van der Waals surface area contributed by atoms with Gasteiger partial charge in [0.1, 0.15) is 5.82 Å². The zero-order valence-corrected chi connectivity index (χ0v) is 11.4. The van der Waals surface area contributed by atoms with Gasteiger partial charge in [0.05, 0.1) is 6.20 Å². The second-order valence-electron chi connectivity index (χ2n) is 4.07. The van der Waals surface area contributed by atoms with E-state index in [1.165, 1.54) is 11.1 Å². The van der Waals surface area contributed by atoms with Crippen LogP contribution >= 0.6 is 0 Å². The van der Waals surface area contributed by atoms with Gasteiger partial charge in [-0.2, -0.15) is 0 Å². The number of nitrogens with one attached hydrogen (secondary N) is 1. The first kappa shape index (κ1) is 13.7. The standard InChI is InChI=1S/C12H10.C5H7N3/c1-3-7-11(8-4-1)12-9-5-2-6-10-12;1-6-5-4-7-2-3-8-5/h1-10H;2-4H,1H3,(H,6,8). The molecule has 20 heavy (non-hydrogen) atoms. The molecular formula is C17H17N3. The zero-order chi connectivity index (χ0) is 14.0. The van der Waals surface area contributed by atoms with Crippen molar-refractivity contribution < 1.29 is 0 Å². The van der Waals surface area contributed by atoms with Gasteiger partial charge in [0.15, 0.2) is 0 Å². The van der Waals surface area contributed by atoms with Crippen LogP contribution in [0.5, 0.6) is 0 Å². The summed E-state index contributed by atoms with van der Waals surface area (Å²) in [6.45, 7) is 0. The highest BCUT2D eigenvalue weighted by molar-refractivity contribution is 5.62. The lowest BCUT2D eigenvalue weighted by Crippen LogP contribution is -1.90. The summed E-state index contributed by atoms with van der Waals surface area (Å²) < 4.78 is 0. The van der Waals surface area contributed by atoms with E-state index in [0.29, 0.717) is 0 Å². The summed E-state index contributed by atoms with van der Waals surface area (Å²) in [6.07, 6.45) is 4.95. The fraction of sp³-hybridized carbons (Fsp3) is 0.0588. The van der Waals surface area contributed by atoms with Crippen molar-refractivity contribution in [2.45, 2.75) is 0 Å². The van der Waals surface area contributed by atoms with Crippen LogP contribution < -0.4 is 5.32 Å². The topological polar surface area (TPSA) is 37.8 Å². The molecule has 0 amide bonds. The van der Waals surface area contributed by atoms with Crippen LogP contribution in [-0.2, 0) is 0 Å². The minimum Gasteiger partial charge on any atom is -0.372 e. The van der Waals surface area contributed by atoms with Crippen molar-refractivity contribution >= 4 is 5.82 Å². The van der Waals surface area contributed by atoms with E-state index in [2.05, 4.69) is 63.8 Å². The molecule has 0 spiro atoms. The molecule has 3 heteroatoms. The minimum atomic E-state index is 0.799. The van der Waals surface area contributed by atoms with Gasteiger partial charge in [0, 0.05) is 19.4 Å². The minimum absolute atomic E-state index is 0.799. The molecule has 3 aromatic rings. The molecule has 0 aliphatic rings. The molecule has 0 bridgehead atoms. The summed E-state index contributed by atoms with van der Waals surface area (Å²) in [7, 11) is 1.81. The Morgan fingerprint density at radius 2 is 1.30 bits per heavy atom. The number of hydrogen-bond acceptors (Lipinski definition) is 3. The van der Waals surface area contributed by atoms with E-state index in [0.717, 1.165) is 5.82 Å². The van der Waals surface area contributed by atoms with Crippen LogP contribution in [0, 0.1) is 0 Å². The molecule has 0 fully saturated rings. The van der Waals surface area contributed by atoms with Gasteiger partial charge >= 0.3 is 0 Å². The first-order valence-electron chi connectivity index (χ1n) is 6.44. The second kappa shape index (κ2) is 7.69. The molecule has 1 N–H and O–H groups in total. The van der Waals surface area contributed by atoms with Gasteiger partial charge in [-0.1, -0.05) is 60.7 Å². The summed E-state index contributed by atoms with van der Waals surface area (Å²) in [6, 6.07) is 20.8. The molecule has 100 valence electrons. The zero-order valence-electron chi connectivity index (χ0n) is 11.4. The maximum absolute atomic E-state index is 3.92. The third-order valence-electron chi connectivity index (χ3n) is 2.70. The predicted molar refractivity (Wildman–Crippen MR) is 83.5 cm³/mol. The third-order valence-corrected chi connectivity index (χ3v) is 2.70. The van der Waals surface area contributed by atoms with E-state index in [1.807, 2.05) is 19.2 Å². The van der Waals surface area contributed by atoms with Crippen molar-refractivity contribution in [2.24, 2.45) is 0 Å². The molecule has 0 aliphatic heterocycles. The highest BCUT2D eigenvalue weighted by Crippen LogP contribution is 2.17. The van der Waals surface area contributed by atoms with Crippen LogP contribution in [0.4, 0.5) is 5.82 Å². The predicted octanol–water partition coefficient (Wildman–Crippen LogP) is 3.87. The molecule has 1 aromatic heterocycles. The maximum atomic E-state index is 3.92. The molecule has 1 heterocycles. The number of hydrogen-bond donors (Lipinski definition) is 1. The van der Waals surface area contributed by atoms with Crippen LogP contribution in [-0.4, -0.2) is 17.0 Å². The van der Waals surface area contributed by atoms with Gasteiger partial charge in [-0.15, -0.1) is 0 Å². The first-order valence-corrected chi connectivity index (χ1v) is 6.44. The lowest BCUT2D eigenvalue weighted by atomic mass is 10.1. The van der Waals surface area contributed by atoms with Gasteiger partial charge in [-0.05, 0) is 11.1 Å². The molecule has 3 rings (SSSR count). The summed E-state index contributed by atoms with van der Waals surface area (Å²) in [5.74, 6) is 0.799. The van der Waals surface area contributed by atoms with Crippen molar-refractivity contribution in [3.63, 3.8) is 0 Å². The number of benzene rings is 2. The van der Waals surface area contributed by atoms with E-state index in [9.17, 15) is 0 Å². The van der Waals surface area contributed by atoms with Crippen molar-refractivity contribution in [1.82, 2.24) is 9.97 Å². The molecular weight excluding hydrogens is 246 g/mol. The van der Waals surface area contributed by atoms with Gasteiger partial charge in [0.25, 0.3) is 0 Å². The maximum Gasteiger partial charge on any atom is 0.144 e. The highest BCUT2D eigenvalue weighted by atomic mass is 15.0. The Morgan fingerprint density at radius 3 is 1.65 bits per heavy atom. The van der Waals surface area contributed by atoms with Gasteiger partial charge in [-0.25, -0.2) is 4.98 Å². The first-order chi connectivity index (χ1) is 9.90. The summed E-state index contributed by atoms with van der Waals surface area (Å²) in [5, 5.41) is 2.85. The van der Waals surface area contributed by atoms with Crippen molar-refractivity contribution in [3.8, 4) is 11.1 Å². The molecule has 0 atom stereocenters. The van der Waals surface area contributed by atoms with Crippen molar-refractivity contribution in [2.75, 3.05) is 12.4 Å². The molecule has 0 aliphatic carbocycles. The smallest absolute Gasteiger partial charge is 0.144 e. The highest BCUT2D eigenvalue weighted by Gasteiger charge is 1.91. The average molecular weight is 263 g/mol. The van der Waals surface area contributed by atoms with Crippen molar-refractivity contribution in [3.05, 3.63) is 79.3 Å². The average Bonchev–Trinajstić information content (AvgIpc) is 2.58. The van der Waals surface area contributed by atoms with E-state index >= 15 is 0 Å². The SMILES string of the molecule is CNc1cnccn1.c1ccc(-c2ccccc2)cc1. The largest absolute Gasteiger partial charge is 0.372 e. The molecule has 0 saturated carbocycles. The summed E-state index contributed by atoms with van der Waals surface area (Å²) >= 11 is 0. The van der Waals surface area contributed by atoms with Gasteiger partial charge in [-0.3, -0.25) is 4.98 Å². The van der Waals surface area contributed by atoms with E-state index in [-0.39, 0.29) is 0 Å². The fourth-order valence-corrected chi connectivity index (χ4v) is 1.69. The summed E-state index contributed by atoms with van der Waals surface area (Å²) in [4.78, 5) is 7.75. The van der Waals surface area contributed by atoms with Gasteiger partial charge in [0.2, 0.25) is 0 Å². The Bertz CT molecular complexity index is 557. The lowest BCUT2D eigenvalue weighted by molar-refractivity contribution is 1.19. The molecule has 0 unspecified atom stereocenters. The van der Waals surface area contributed by atoms with Gasteiger partial charge < -0.3 is 5.32 Å². The van der Waals surface area contributed by atoms with E-state index < -0.39 is 0 Å². The molecule has 2 aromatic carbocycles. The number of aromatic nitrogens is 2. The summed E-state index contributed by atoms with van der Waals surface area (Å²) in [5.41, 5.74) is 2.55. The second-order valence-corrected chi connectivity index (χ2v) is 4.07. The van der Waals surface area contributed by atoms with Crippen LogP contribution in [0.15, 0.2) is 79.3 Å². The van der Waals surface area contributed by atoms with Crippen LogP contribution in [0.25, 0.3) is 11.1 Å². The fourth-order valence-electron chi connectivity index (χ4n) is 1.69. The normalized spacial score (nSPS) is 9.25. The number of rotatable bonds is 2. The van der Waals surface area contributed by atoms with Crippen molar-refractivity contribution in [1.29, 1.82) is 0 Å². The van der Waals surface area contributed by atoms with Crippen LogP contribution in [0.2, 0.25) is 0 Å². The molecule has 0 radical (unpaired) electrons. The monoisotopic (exact) mass is 263 g/mol. The van der Waals surface area contributed by atoms with Crippen LogP contribution in [0.1, 0.15) is 0 Å².